The standard InChI is InChI=1S/C10H7ClN4O/c11-9-3-1-2-8(14-9)10(16)15(6-4-12)7-5-13/h1-3H,6-7H2. The first kappa shape index (κ1) is 12.0. The number of nitrogens with zero attached hydrogens (tertiary/aromatic N) is 4. The van der Waals surface area contributed by atoms with Crippen LogP contribution < -0.4 is 0 Å². The van der Waals surface area contributed by atoms with Crippen LogP contribution in [0.2, 0.25) is 5.15 Å². The Labute approximate surface area is 97.5 Å². The zero-order chi connectivity index (χ0) is 12.0. The van der Waals surface area contributed by atoms with Crippen LogP contribution in [-0.2, 0) is 0 Å². The molecule has 0 aliphatic carbocycles. The second-order valence-corrected chi connectivity index (χ2v) is 3.21. The van der Waals surface area contributed by atoms with Gasteiger partial charge in [0.1, 0.15) is 23.9 Å². The first-order valence-corrected chi connectivity index (χ1v) is 4.72. The molecular weight excluding hydrogens is 228 g/mol. The van der Waals surface area contributed by atoms with Gasteiger partial charge in [-0.15, -0.1) is 0 Å². The molecule has 0 aromatic carbocycles. The van der Waals surface area contributed by atoms with Crippen LogP contribution in [0.3, 0.4) is 0 Å². The number of hydrogen-bond acceptors (Lipinski definition) is 4. The van der Waals surface area contributed by atoms with Crippen molar-refractivity contribution in [2.24, 2.45) is 0 Å². The quantitative estimate of drug-likeness (QED) is 0.582. The molecule has 6 heteroatoms. The van der Waals surface area contributed by atoms with Gasteiger partial charge in [0.05, 0.1) is 12.1 Å². The van der Waals surface area contributed by atoms with E-state index in [4.69, 9.17) is 22.1 Å². The lowest BCUT2D eigenvalue weighted by atomic mass is 10.3. The van der Waals surface area contributed by atoms with E-state index < -0.39 is 5.91 Å². The first-order valence-electron chi connectivity index (χ1n) is 4.34. The van der Waals surface area contributed by atoms with E-state index in [1.807, 2.05) is 12.1 Å². The van der Waals surface area contributed by atoms with E-state index in [9.17, 15) is 4.79 Å². The Hall–Kier alpha value is -2.11. The normalized spacial score (nSPS) is 8.94. The van der Waals surface area contributed by atoms with Crippen molar-refractivity contribution in [1.29, 1.82) is 10.5 Å². The topological polar surface area (TPSA) is 80.8 Å². The Kier molecular flexibility index (Phi) is 4.26. The van der Waals surface area contributed by atoms with Crippen molar-refractivity contribution in [1.82, 2.24) is 9.88 Å². The van der Waals surface area contributed by atoms with E-state index >= 15 is 0 Å². The predicted octanol–water partition coefficient (Wildman–Crippen LogP) is 1.22. The Morgan fingerprint density at radius 2 is 2.00 bits per heavy atom. The molecule has 0 unspecified atom stereocenters. The van der Waals surface area contributed by atoms with Crippen molar-refractivity contribution < 1.29 is 4.79 Å². The van der Waals surface area contributed by atoms with Crippen LogP contribution in [-0.4, -0.2) is 28.9 Å². The average molecular weight is 235 g/mol. The summed E-state index contributed by atoms with van der Waals surface area (Å²) in [7, 11) is 0. The monoisotopic (exact) mass is 234 g/mol. The Bertz CT molecular complexity index is 458. The summed E-state index contributed by atoms with van der Waals surface area (Å²) in [6.07, 6.45) is 0. The highest BCUT2D eigenvalue weighted by Crippen LogP contribution is 2.07. The lowest BCUT2D eigenvalue weighted by molar-refractivity contribution is 0.0789. The molecule has 0 saturated heterocycles. The zero-order valence-electron chi connectivity index (χ0n) is 8.22. The van der Waals surface area contributed by atoms with Gasteiger partial charge in [-0.3, -0.25) is 4.79 Å². The summed E-state index contributed by atoms with van der Waals surface area (Å²) in [5.41, 5.74) is 0.123. The van der Waals surface area contributed by atoms with Crippen LogP contribution in [0.5, 0.6) is 0 Å². The van der Waals surface area contributed by atoms with Crippen LogP contribution in [0, 0.1) is 22.7 Å². The van der Waals surface area contributed by atoms with Crippen molar-refractivity contribution >= 4 is 17.5 Å². The third-order valence-corrected chi connectivity index (χ3v) is 1.96. The molecule has 0 spiro atoms. The maximum absolute atomic E-state index is 11.8. The molecule has 80 valence electrons. The number of aromatic nitrogens is 1. The number of carbonyl (C=O) groups excluding carboxylic acids is 1. The molecule has 0 aliphatic rings. The molecule has 1 amide bonds. The van der Waals surface area contributed by atoms with Gasteiger partial charge in [-0.1, -0.05) is 17.7 Å². The molecule has 0 atom stereocenters. The number of carbonyl (C=O) groups is 1. The van der Waals surface area contributed by atoms with Crippen LogP contribution in [0.4, 0.5) is 0 Å². The van der Waals surface area contributed by atoms with Gasteiger partial charge in [0.2, 0.25) is 0 Å². The number of rotatable bonds is 3. The Morgan fingerprint density at radius 1 is 1.38 bits per heavy atom. The SMILES string of the molecule is N#CCN(CC#N)C(=O)c1cccc(Cl)n1. The fraction of sp³-hybridized carbons (Fsp3) is 0.200. The van der Waals surface area contributed by atoms with Gasteiger partial charge >= 0.3 is 0 Å². The molecule has 0 fully saturated rings. The van der Waals surface area contributed by atoms with Crippen molar-refractivity contribution in [3.8, 4) is 12.1 Å². The summed E-state index contributed by atoms with van der Waals surface area (Å²) in [6.45, 7) is -0.304. The van der Waals surface area contributed by atoms with Crippen molar-refractivity contribution in [3.63, 3.8) is 0 Å². The third kappa shape index (κ3) is 2.94. The molecule has 1 aromatic heterocycles. The number of pyridine rings is 1. The van der Waals surface area contributed by atoms with E-state index in [0.717, 1.165) is 4.90 Å². The van der Waals surface area contributed by atoms with Crippen molar-refractivity contribution in [3.05, 3.63) is 29.0 Å². The largest absolute Gasteiger partial charge is 0.311 e. The fourth-order valence-corrected chi connectivity index (χ4v) is 1.22. The number of nitriles is 2. The number of hydrogen-bond donors (Lipinski definition) is 0. The number of amides is 1. The summed E-state index contributed by atoms with van der Waals surface area (Å²) < 4.78 is 0. The first-order chi connectivity index (χ1) is 7.69. The Balaban J connectivity index is 2.91. The predicted molar refractivity (Wildman–Crippen MR) is 56.4 cm³/mol. The molecule has 0 bridgehead atoms. The molecule has 0 N–H and O–H groups in total. The summed E-state index contributed by atoms with van der Waals surface area (Å²) in [5.74, 6) is -0.481. The molecule has 1 aromatic rings. The summed E-state index contributed by atoms with van der Waals surface area (Å²) in [6, 6.07) is 8.23. The van der Waals surface area contributed by atoms with E-state index in [1.165, 1.54) is 12.1 Å². The zero-order valence-corrected chi connectivity index (χ0v) is 8.98. The van der Waals surface area contributed by atoms with Crippen LogP contribution >= 0.6 is 11.6 Å². The maximum Gasteiger partial charge on any atom is 0.274 e. The fourth-order valence-electron chi connectivity index (χ4n) is 1.06. The number of halogens is 1. The second kappa shape index (κ2) is 5.69. The molecule has 0 saturated carbocycles. The van der Waals surface area contributed by atoms with Crippen LogP contribution in [0.15, 0.2) is 18.2 Å². The molecule has 1 heterocycles. The molecular formula is C10H7ClN4O. The molecule has 16 heavy (non-hydrogen) atoms. The minimum atomic E-state index is -0.481. The van der Waals surface area contributed by atoms with E-state index in [2.05, 4.69) is 4.98 Å². The van der Waals surface area contributed by atoms with Crippen LogP contribution in [0.25, 0.3) is 0 Å². The van der Waals surface area contributed by atoms with E-state index in [-0.39, 0.29) is 23.9 Å². The molecule has 1 rings (SSSR count). The second-order valence-electron chi connectivity index (χ2n) is 2.82. The van der Waals surface area contributed by atoms with Crippen LogP contribution in [0.1, 0.15) is 10.5 Å². The summed E-state index contributed by atoms with van der Waals surface area (Å²) >= 11 is 5.64. The van der Waals surface area contributed by atoms with Gasteiger partial charge < -0.3 is 4.90 Å². The molecule has 0 aliphatic heterocycles. The summed E-state index contributed by atoms with van der Waals surface area (Å²) in [4.78, 5) is 16.7. The highest BCUT2D eigenvalue weighted by Gasteiger charge is 2.16. The highest BCUT2D eigenvalue weighted by molar-refractivity contribution is 6.29. The third-order valence-electron chi connectivity index (χ3n) is 1.74. The Morgan fingerprint density at radius 3 is 2.50 bits per heavy atom. The van der Waals surface area contributed by atoms with Gasteiger partial charge in [0, 0.05) is 0 Å². The highest BCUT2D eigenvalue weighted by atomic mass is 35.5. The van der Waals surface area contributed by atoms with Gasteiger partial charge in [0.25, 0.3) is 5.91 Å². The van der Waals surface area contributed by atoms with Gasteiger partial charge in [0.15, 0.2) is 0 Å². The van der Waals surface area contributed by atoms with Crippen molar-refractivity contribution in [2.75, 3.05) is 13.1 Å². The molecule has 5 nitrogen and oxygen atoms in total. The maximum atomic E-state index is 11.8. The summed E-state index contributed by atoms with van der Waals surface area (Å²) in [5, 5.41) is 17.2. The lowest BCUT2D eigenvalue weighted by Gasteiger charge is -2.14. The van der Waals surface area contributed by atoms with E-state index in [1.54, 1.807) is 6.07 Å². The molecule has 0 radical (unpaired) electrons. The van der Waals surface area contributed by atoms with E-state index in [0.29, 0.717) is 0 Å². The van der Waals surface area contributed by atoms with Gasteiger partial charge in [-0.25, -0.2) is 4.98 Å². The lowest BCUT2D eigenvalue weighted by Crippen LogP contribution is -2.32. The smallest absolute Gasteiger partial charge is 0.274 e. The van der Waals surface area contributed by atoms with Gasteiger partial charge in [-0.2, -0.15) is 10.5 Å². The minimum Gasteiger partial charge on any atom is -0.311 e. The average Bonchev–Trinajstić information content (AvgIpc) is 2.28. The van der Waals surface area contributed by atoms with Crippen molar-refractivity contribution in [2.45, 2.75) is 0 Å². The minimum absolute atomic E-state index is 0.123. The van der Waals surface area contributed by atoms with Gasteiger partial charge in [-0.05, 0) is 12.1 Å².